The van der Waals surface area contributed by atoms with Crippen molar-refractivity contribution in [3.8, 4) is 0 Å². The molecule has 36 heavy (non-hydrogen) atoms. The molecule has 0 aromatic rings. The van der Waals surface area contributed by atoms with E-state index in [1.807, 2.05) is 6.92 Å². The van der Waals surface area contributed by atoms with Crippen molar-refractivity contribution in [2.45, 2.75) is 110 Å². The molecule has 0 saturated heterocycles. The first-order valence-electron chi connectivity index (χ1n) is 14.1. The summed E-state index contributed by atoms with van der Waals surface area (Å²) in [5.74, 6) is -0.785. The summed E-state index contributed by atoms with van der Waals surface area (Å²) < 4.78 is 5.56. The Morgan fingerprint density at radius 3 is 2.39 bits per heavy atom. The van der Waals surface area contributed by atoms with Gasteiger partial charge in [0.1, 0.15) is 24.4 Å². The molecule has 0 amide bonds. The van der Waals surface area contributed by atoms with E-state index in [0.29, 0.717) is 23.5 Å². The minimum Gasteiger partial charge on any atom is -0.461 e. The predicted molar refractivity (Wildman–Crippen MR) is 138 cm³/mol. The highest BCUT2D eigenvalue weighted by atomic mass is 16.5. The van der Waals surface area contributed by atoms with Crippen LogP contribution in [-0.4, -0.2) is 51.5 Å². The molecule has 4 aliphatic rings. The maximum absolute atomic E-state index is 14.2. The van der Waals surface area contributed by atoms with Gasteiger partial charge >= 0.3 is 5.97 Å². The van der Waals surface area contributed by atoms with Crippen LogP contribution in [0.2, 0.25) is 0 Å². The molecule has 8 atom stereocenters. The quantitative estimate of drug-likeness (QED) is 0.231. The number of carbonyl (C=O) groups is 2. The zero-order chi connectivity index (χ0) is 26.5. The van der Waals surface area contributed by atoms with Crippen LogP contribution >= 0.6 is 0 Å². The molecule has 0 aromatic heterocycles. The highest BCUT2D eigenvalue weighted by Gasteiger charge is 2.75. The van der Waals surface area contributed by atoms with Gasteiger partial charge in [0, 0.05) is 12.3 Å². The number of aliphatic hydroxyl groups excluding tert-OH is 2. The van der Waals surface area contributed by atoms with Crippen LogP contribution in [0.5, 0.6) is 0 Å². The van der Waals surface area contributed by atoms with Gasteiger partial charge in [0.25, 0.3) is 0 Å². The summed E-state index contributed by atoms with van der Waals surface area (Å²) in [4.78, 5) is 26.7. The normalized spacial score (nSPS) is 40.4. The Kier molecular flexibility index (Phi) is 7.64. The molecule has 0 aromatic carbocycles. The standard InChI is InChI=1S/C30H46O6/c1-6-7-8-9-10-11-12-13-23(31)36-17-20-15-21-24-22(28(24,4)5)14-19(3)29(27(21)34)16-18(2)25(32)30(29,35)26(20)33/h15-16,19,21-22,24-26,32-33,35H,6-14,17H2,1-5H3/t19-,21+,22-,24+,25+,26-,29+,30-/m1/s1. The highest BCUT2D eigenvalue weighted by Crippen LogP contribution is 2.71. The van der Waals surface area contributed by atoms with E-state index in [4.69, 9.17) is 4.74 Å². The van der Waals surface area contributed by atoms with E-state index >= 15 is 0 Å². The third kappa shape index (κ3) is 4.12. The number of carbonyl (C=O) groups excluding carboxylic acids is 2. The Morgan fingerprint density at radius 2 is 1.72 bits per heavy atom. The first-order valence-corrected chi connectivity index (χ1v) is 14.1. The molecule has 0 heterocycles. The van der Waals surface area contributed by atoms with Crippen LogP contribution in [0.15, 0.2) is 23.3 Å². The lowest BCUT2D eigenvalue weighted by molar-refractivity contribution is -0.190. The van der Waals surface area contributed by atoms with E-state index in [1.165, 1.54) is 25.7 Å². The van der Waals surface area contributed by atoms with Crippen LogP contribution in [0.4, 0.5) is 0 Å². The smallest absolute Gasteiger partial charge is 0.306 e. The largest absolute Gasteiger partial charge is 0.461 e. The molecule has 202 valence electrons. The number of ether oxygens (including phenoxy) is 1. The van der Waals surface area contributed by atoms with Crippen LogP contribution < -0.4 is 0 Å². The lowest BCUT2D eigenvalue weighted by Gasteiger charge is -2.48. The zero-order valence-electron chi connectivity index (χ0n) is 22.8. The topological polar surface area (TPSA) is 104 Å². The highest BCUT2D eigenvalue weighted by molar-refractivity contribution is 5.95. The molecule has 4 rings (SSSR count). The summed E-state index contributed by atoms with van der Waals surface area (Å²) in [6.45, 7) is 10.0. The molecule has 4 aliphatic carbocycles. The number of esters is 1. The monoisotopic (exact) mass is 502 g/mol. The van der Waals surface area contributed by atoms with Gasteiger partial charge in [-0.3, -0.25) is 9.59 Å². The summed E-state index contributed by atoms with van der Waals surface area (Å²) in [7, 11) is 0. The van der Waals surface area contributed by atoms with E-state index < -0.39 is 29.1 Å². The molecule has 0 unspecified atom stereocenters. The van der Waals surface area contributed by atoms with Crippen LogP contribution in [0, 0.1) is 34.5 Å². The third-order valence-electron chi connectivity index (χ3n) is 10.1. The summed E-state index contributed by atoms with van der Waals surface area (Å²) in [5.41, 5.74) is -2.65. The predicted octanol–water partition coefficient (Wildman–Crippen LogP) is 4.51. The summed E-state index contributed by atoms with van der Waals surface area (Å²) in [6, 6.07) is 0. The molecule has 6 heteroatoms. The Balaban J connectivity index is 1.52. The van der Waals surface area contributed by atoms with Gasteiger partial charge in [0.2, 0.25) is 0 Å². The Labute approximate surface area is 216 Å². The number of allylic oxidation sites excluding steroid dienone is 1. The van der Waals surface area contributed by atoms with Gasteiger partial charge < -0.3 is 20.1 Å². The van der Waals surface area contributed by atoms with E-state index in [-0.39, 0.29) is 35.6 Å². The van der Waals surface area contributed by atoms with Crippen molar-refractivity contribution in [2.24, 2.45) is 34.5 Å². The van der Waals surface area contributed by atoms with Crippen molar-refractivity contribution in [1.82, 2.24) is 0 Å². The maximum Gasteiger partial charge on any atom is 0.306 e. The fourth-order valence-electron chi connectivity index (χ4n) is 7.88. The minimum absolute atomic E-state index is 0.0188. The van der Waals surface area contributed by atoms with Gasteiger partial charge in [0.05, 0.1) is 5.41 Å². The van der Waals surface area contributed by atoms with Crippen molar-refractivity contribution >= 4 is 11.8 Å². The van der Waals surface area contributed by atoms with Gasteiger partial charge in [-0.15, -0.1) is 0 Å². The third-order valence-corrected chi connectivity index (χ3v) is 10.1. The van der Waals surface area contributed by atoms with Crippen LogP contribution in [0.3, 0.4) is 0 Å². The second-order valence-electron chi connectivity index (χ2n) is 12.6. The molecule has 2 saturated carbocycles. The first-order chi connectivity index (χ1) is 16.9. The van der Waals surface area contributed by atoms with Crippen LogP contribution in [0.1, 0.15) is 92.4 Å². The minimum atomic E-state index is -2.08. The number of ketones is 1. The number of unbranched alkanes of at least 4 members (excludes halogenated alkanes) is 6. The molecule has 0 radical (unpaired) electrons. The average molecular weight is 503 g/mol. The number of hydrogen-bond donors (Lipinski definition) is 3. The van der Waals surface area contributed by atoms with Crippen molar-refractivity contribution in [3.63, 3.8) is 0 Å². The molecule has 1 spiro atoms. The Morgan fingerprint density at radius 1 is 1.08 bits per heavy atom. The van der Waals surface area contributed by atoms with E-state index in [2.05, 4.69) is 20.8 Å². The summed E-state index contributed by atoms with van der Waals surface area (Å²) >= 11 is 0. The Bertz CT molecular complexity index is 934. The SMILES string of the molecule is CCCCCCCCCC(=O)OCC1=C[C@@H]2C(=O)[C@]3(C=C(C)[C@H](O)[C@@]3(O)[C@@H]1O)[C@H](C)C[C@@H]1[C@H]2C1(C)C. The van der Waals surface area contributed by atoms with Gasteiger partial charge in [-0.2, -0.15) is 0 Å². The van der Waals surface area contributed by atoms with Gasteiger partial charge in [-0.25, -0.2) is 0 Å². The number of hydrogen-bond acceptors (Lipinski definition) is 6. The van der Waals surface area contributed by atoms with Crippen molar-refractivity contribution in [1.29, 1.82) is 0 Å². The maximum atomic E-state index is 14.2. The molecule has 2 fully saturated rings. The molecule has 6 nitrogen and oxygen atoms in total. The number of Topliss-reactive ketones (excluding diaryl/α,β-unsaturated/α-hetero) is 1. The second kappa shape index (κ2) is 9.99. The van der Waals surface area contributed by atoms with E-state index in [0.717, 1.165) is 25.7 Å². The van der Waals surface area contributed by atoms with Crippen molar-refractivity contribution in [2.75, 3.05) is 6.61 Å². The summed E-state index contributed by atoms with van der Waals surface area (Å²) in [5, 5.41) is 34.7. The van der Waals surface area contributed by atoms with Crippen molar-refractivity contribution in [3.05, 3.63) is 23.3 Å². The lowest BCUT2D eigenvalue weighted by Crippen LogP contribution is -2.65. The van der Waals surface area contributed by atoms with Crippen LogP contribution in [-0.2, 0) is 14.3 Å². The molecule has 2 bridgehead atoms. The van der Waals surface area contributed by atoms with Crippen molar-refractivity contribution < 1.29 is 29.6 Å². The number of rotatable bonds is 10. The molecule has 0 aliphatic heterocycles. The molecule has 3 N–H and O–H groups in total. The lowest BCUT2D eigenvalue weighted by atomic mass is 9.59. The number of aliphatic hydroxyl groups is 3. The van der Waals surface area contributed by atoms with E-state index in [1.54, 1.807) is 19.1 Å². The fraction of sp³-hybridized carbons (Fsp3) is 0.800. The van der Waals surface area contributed by atoms with Crippen LogP contribution in [0.25, 0.3) is 0 Å². The van der Waals surface area contributed by atoms with E-state index in [9.17, 15) is 24.9 Å². The zero-order valence-corrected chi connectivity index (χ0v) is 22.8. The first kappa shape index (κ1) is 27.5. The number of fused-ring (bicyclic) bond motifs is 3. The second-order valence-corrected chi connectivity index (χ2v) is 12.6. The molecular weight excluding hydrogens is 456 g/mol. The average Bonchev–Trinajstić information content (AvgIpc) is 3.33. The Hall–Kier alpha value is -1.50. The van der Waals surface area contributed by atoms with Gasteiger partial charge in [-0.05, 0) is 54.1 Å². The fourth-order valence-corrected chi connectivity index (χ4v) is 7.88. The van der Waals surface area contributed by atoms with Gasteiger partial charge in [-0.1, -0.05) is 78.4 Å². The van der Waals surface area contributed by atoms with Gasteiger partial charge in [0.15, 0.2) is 5.78 Å². The summed E-state index contributed by atoms with van der Waals surface area (Å²) in [6.07, 6.45) is 9.39. The molecular formula is C30H46O6.